The number of anilines is 1. The van der Waals surface area contributed by atoms with Crippen LogP contribution in [0.25, 0.3) is 22.2 Å². The number of methoxy groups -OCH3 is 1. The highest BCUT2D eigenvalue weighted by Crippen LogP contribution is 2.42. The number of esters is 1. The van der Waals surface area contributed by atoms with Crippen LogP contribution in [0, 0.1) is 17.3 Å². The first-order valence-corrected chi connectivity index (χ1v) is 21.0. The maximum atomic E-state index is 13.9. The zero-order chi connectivity index (χ0) is 39.7. The molecule has 0 unspecified atom stereocenters. The van der Waals surface area contributed by atoms with Crippen LogP contribution in [-0.2, 0) is 43.2 Å². The number of amides is 2. The van der Waals surface area contributed by atoms with Gasteiger partial charge in [-0.25, -0.2) is 5.43 Å². The maximum absolute atomic E-state index is 13.9. The van der Waals surface area contributed by atoms with Gasteiger partial charge in [-0.2, -0.15) is 67.5 Å². The molecule has 7 rings (SSSR count). The standard InChI is InChI=1S/C44H63N7O5.5H2S/c1-8-50-38-16-15-30-12-9-10-13-36(46-41(52)32-22-28(32)2)42(53)51-17-11-14-37(47-51)43(54)56-27-44(4,5)25-35(33(38)23-30)40(50)34-24-31(26-45-39(34)29(3)55-7)49-20-18-48(6)19-21-49;;;;;/h15-16,23-24,26,28-29,32,36-37,47H,8-14,17-22,25,27H2,1-7H3,(H,46,52);5*1H2/t28-,29-,32-,36-,37-;;;;;/m0...../s1. The van der Waals surface area contributed by atoms with E-state index in [4.69, 9.17) is 14.5 Å². The van der Waals surface area contributed by atoms with Crippen molar-refractivity contribution in [3.8, 4) is 11.3 Å². The molecule has 2 saturated heterocycles. The van der Waals surface area contributed by atoms with Crippen LogP contribution < -0.4 is 15.6 Å². The summed E-state index contributed by atoms with van der Waals surface area (Å²) in [6.45, 7) is 16.0. The first-order chi connectivity index (χ1) is 26.9. The van der Waals surface area contributed by atoms with Crippen molar-refractivity contribution in [3.05, 3.63) is 47.3 Å². The van der Waals surface area contributed by atoms with Crippen LogP contribution in [-0.4, -0.2) is 103 Å². The van der Waals surface area contributed by atoms with Crippen LogP contribution >= 0.6 is 67.5 Å². The molecule has 1 saturated carbocycles. The van der Waals surface area contributed by atoms with E-state index in [9.17, 15) is 14.4 Å². The molecule has 3 aliphatic heterocycles. The Morgan fingerprint density at radius 1 is 1.02 bits per heavy atom. The Labute approximate surface area is 398 Å². The van der Waals surface area contributed by atoms with Gasteiger partial charge in [-0.3, -0.25) is 24.4 Å². The molecule has 2 N–H and O–H groups in total. The van der Waals surface area contributed by atoms with Crippen molar-refractivity contribution < 1.29 is 23.9 Å². The Kier molecular flexibility index (Phi) is 21.2. The zero-order valence-corrected chi connectivity index (χ0v) is 42.2. The van der Waals surface area contributed by atoms with Gasteiger partial charge in [0.25, 0.3) is 5.91 Å². The monoisotopic (exact) mass is 939 g/mol. The topological polar surface area (TPSA) is 121 Å². The highest BCUT2D eigenvalue weighted by atomic mass is 32.1. The first kappa shape index (κ1) is 54.9. The summed E-state index contributed by atoms with van der Waals surface area (Å²) in [7, 11) is 3.91. The number of likely N-dealkylation sites (N-methyl/N-ethyl adjacent to an activating group) is 1. The number of piperazine rings is 1. The third-order valence-corrected chi connectivity index (χ3v) is 12.6. The summed E-state index contributed by atoms with van der Waals surface area (Å²) in [5.74, 6) is -0.275. The molecule has 4 aliphatic rings. The van der Waals surface area contributed by atoms with Gasteiger partial charge in [0.15, 0.2) is 0 Å². The maximum Gasteiger partial charge on any atom is 0.324 e. The lowest BCUT2D eigenvalue weighted by atomic mass is 9.84. The molecule has 17 heteroatoms. The summed E-state index contributed by atoms with van der Waals surface area (Å²) in [5, 5.41) is 5.84. The van der Waals surface area contributed by atoms with Crippen LogP contribution in [0.5, 0.6) is 0 Å². The minimum absolute atomic E-state index is 0. The summed E-state index contributed by atoms with van der Waals surface area (Å²) in [6, 6.07) is 7.88. The number of carbonyl (C=O) groups excluding carboxylic acids is 3. The van der Waals surface area contributed by atoms with Gasteiger partial charge >= 0.3 is 5.97 Å². The molecule has 5 atom stereocenters. The van der Waals surface area contributed by atoms with E-state index in [2.05, 4.69) is 91.0 Å². The second kappa shape index (κ2) is 23.6. The van der Waals surface area contributed by atoms with E-state index >= 15 is 0 Å². The number of carbonyl (C=O) groups is 3. The van der Waals surface area contributed by atoms with Crippen molar-refractivity contribution in [2.45, 2.75) is 111 Å². The van der Waals surface area contributed by atoms with Crippen LogP contribution in [0.4, 0.5) is 5.69 Å². The van der Waals surface area contributed by atoms with Gasteiger partial charge < -0.3 is 29.2 Å². The number of benzene rings is 1. The third-order valence-electron chi connectivity index (χ3n) is 12.6. The van der Waals surface area contributed by atoms with Gasteiger partial charge in [-0.15, -0.1) is 0 Å². The molecule has 12 nitrogen and oxygen atoms in total. The fourth-order valence-electron chi connectivity index (χ4n) is 8.87. The molecule has 61 heavy (non-hydrogen) atoms. The SMILES string of the molecule is CCn1c(-c2cc(N3CCN(C)CC3)cnc2[C@H](C)OC)c2c3cc(ccc31)CCCC[C@H](NC(=O)[C@H]1C[C@@H]1C)C(=O)N1CCC[C@H](N1)C(=O)OCC(C)(C)C2.S.S.S.S.S. The number of ether oxygens (including phenoxy) is 2. The average Bonchev–Trinajstić information content (AvgIpc) is 3.87. The van der Waals surface area contributed by atoms with Crippen molar-refractivity contribution in [1.82, 2.24) is 30.2 Å². The smallest absolute Gasteiger partial charge is 0.324 e. The summed E-state index contributed by atoms with van der Waals surface area (Å²) in [4.78, 5) is 50.7. The van der Waals surface area contributed by atoms with Gasteiger partial charge in [0, 0.05) is 74.2 Å². The van der Waals surface area contributed by atoms with E-state index in [1.165, 1.54) is 22.0 Å². The number of rotatable bonds is 7. The number of nitrogens with zero attached hydrogens (tertiary/aromatic N) is 5. The lowest BCUT2D eigenvalue weighted by Crippen LogP contribution is -2.60. The number of hydrogen-bond donors (Lipinski definition) is 2. The fraction of sp³-hybridized carbons (Fsp3) is 0.636. The number of fused-ring (bicyclic) bond motifs is 3. The molecular weight excluding hydrogens is 867 g/mol. The van der Waals surface area contributed by atoms with Crippen molar-refractivity contribution >= 4 is 102 Å². The van der Waals surface area contributed by atoms with Gasteiger partial charge in [-0.05, 0) is 101 Å². The first-order valence-electron chi connectivity index (χ1n) is 21.0. The molecule has 2 amide bonds. The molecule has 4 bridgehead atoms. The van der Waals surface area contributed by atoms with Crippen LogP contribution in [0.2, 0.25) is 0 Å². The third kappa shape index (κ3) is 12.5. The van der Waals surface area contributed by atoms with Gasteiger partial charge in [0.1, 0.15) is 12.1 Å². The van der Waals surface area contributed by atoms with Gasteiger partial charge in [-0.1, -0.05) is 33.3 Å². The van der Waals surface area contributed by atoms with Crippen molar-refractivity contribution in [1.29, 1.82) is 0 Å². The lowest BCUT2D eigenvalue weighted by Gasteiger charge is -2.35. The van der Waals surface area contributed by atoms with E-state index in [0.717, 1.165) is 81.0 Å². The highest BCUT2D eigenvalue weighted by Gasteiger charge is 2.41. The number of aryl methyl sites for hydroxylation is 2. The molecular formula is C44H73N7O5S5. The van der Waals surface area contributed by atoms with Crippen molar-refractivity contribution in [3.63, 3.8) is 0 Å². The molecule has 3 aromatic rings. The molecule has 5 heterocycles. The Morgan fingerprint density at radius 3 is 2.38 bits per heavy atom. The lowest BCUT2D eigenvalue weighted by molar-refractivity contribution is -0.155. The van der Waals surface area contributed by atoms with Crippen LogP contribution in [0.15, 0.2) is 30.5 Å². The molecule has 3 fully saturated rings. The van der Waals surface area contributed by atoms with E-state index in [1.54, 1.807) is 12.1 Å². The Balaban J connectivity index is 0.00000256. The molecule has 1 aliphatic carbocycles. The van der Waals surface area contributed by atoms with Crippen molar-refractivity contribution in [2.75, 3.05) is 58.4 Å². The summed E-state index contributed by atoms with van der Waals surface area (Å²) < 4.78 is 14.5. The normalized spacial score (nSPS) is 23.7. The number of cyclic esters (lactones) is 1. The quantitative estimate of drug-likeness (QED) is 0.266. The van der Waals surface area contributed by atoms with Crippen molar-refractivity contribution in [2.24, 2.45) is 17.3 Å². The van der Waals surface area contributed by atoms with Gasteiger partial charge in [0.05, 0.1) is 36.0 Å². The zero-order valence-electron chi connectivity index (χ0n) is 37.2. The van der Waals surface area contributed by atoms with E-state index in [-0.39, 0.29) is 104 Å². The Hall–Kier alpha value is -2.25. The fourth-order valence-corrected chi connectivity index (χ4v) is 8.87. The number of pyridine rings is 1. The molecule has 0 radical (unpaired) electrons. The molecule has 0 spiro atoms. The predicted octanol–water partition coefficient (Wildman–Crippen LogP) is 6.22. The average molecular weight is 940 g/mol. The highest BCUT2D eigenvalue weighted by molar-refractivity contribution is 7.60. The second-order valence-corrected chi connectivity index (χ2v) is 17.6. The van der Waals surface area contributed by atoms with E-state index in [0.29, 0.717) is 38.1 Å². The largest absolute Gasteiger partial charge is 0.464 e. The number of nitrogens with one attached hydrogen (secondary N) is 2. The van der Waals surface area contributed by atoms with E-state index in [1.807, 2.05) is 6.20 Å². The Bertz CT molecular complexity index is 1940. The van der Waals surface area contributed by atoms with Crippen LogP contribution in [0.1, 0.15) is 96.1 Å². The van der Waals surface area contributed by atoms with E-state index < -0.39 is 17.5 Å². The number of hydrogen-bond acceptors (Lipinski definition) is 9. The van der Waals surface area contributed by atoms with Gasteiger partial charge in [0.2, 0.25) is 5.91 Å². The predicted molar refractivity (Wildman–Crippen MR) is 271 cm³/mol. The molecule has 1 aromatic carbocycles. The summed E-state index contributed by atoms with van der Waals surface area (Å²) >= 11 is 0. The second-order valence-electron chi connectivity index (χ2n) is 17.6. The minimum Gasteiger partial charge on any atom is -0.464 e. The minimum atomic E-state index is -0.649. The Morgan fingerprint density at radius 2 is 1.72 bits per heavy atom. The molecule has 2 aromatic heterocycles. The number of hydrazine groups is 1. The summed E-state index contributed by atoms with van der Waals surface area (Å²) in [5.41, 5.74) is 10.6. The molecule has 344 valence electrons. The summed E-state index contributed by atoms with van der Waals surface area (Å²) in [6.07, 6.45) is 7.61. The van der Waals surface area contributed by atoms with Crippen LogP contribution in [0.3, 0.4) is 0 Å². The number of aromatic nitrogens is 2.